The number of nitrogens with one attached hydrogen (secondary N) is 1. The third-order valence-corrected chi connectivity index (χ3v) is 6.51. The summed E-state index contributed by atoms with van der Waals surface area (Å²) in [5, 5.41) is 3.67. The molecule has 0 aliphatic heterocycles. The highest BCUT2D eigenvalue weighted by Gasteiger charge is 2.17. The molecule has 0 aliphatic carbocycles. The van der Waals surface area contributed by atoms with Gasteiger partial charge < -0.3 is 5.32 Å². The van der Waals surface area contributed by atoms with Crippen molar-refractivity contribution < 1.29 is 4.79 Å². The molecule has 1 N–H and O–H groups in total. The highest BCUT2D eigenvalue weighted by Crippen LogP contribution is 2.30. The summed E-state index contributed by atoms with van der Waals surface area (Å²) in [6.07, 6.45) is 1.54. The first-order valence-electron chi connectivity index (χ1n) is 8.25. The molecule has 0 fully saturated rings. The van der Waals surface area contributed by atoms with E-state index < -0.39 is 5.69 Å². The average molecular weight is 446 g/mol. The minimum Gasteiger partial charge on any atom is -0.324 e. The Balaban J connectivity index is 1.70. The Kier molecular flexibility index (Phi) is 4.35. The lowest BCUT2D eigenvalue weighted by Gasteiger charge is -2.08. The maximum Gasteiger partial charge on any atom is 0.365 e. The Labute approximate surface area is 166 Å². The molecular weight excluding hydrogens is 430 g/mol. The van der Waals surface area contributed by atoms with Crippen molar-refractivity contribution in [1.29, 1.82) is 0 Å². The molecule has 27 heavy (non-hydrogen) atoms. The zero-order valence-corrected chi connectivity index (χ0v) is 17.3. The van der Waals surface area contributed by atoms with Gasteiger partial charge >= 0.3 is 5.69 Å². The summed E-state index contributed by atoms with van der Waals surface area (Å²) in [5.41, 5.74) is 2.79. The Morgan fingerprint density at radius 1 is 1.30 bits per heavy atom. The van der Waals surface area contributed by atoms with Gasteiger partial charge in [0.05, 0.1) is 5.39 Å². The van der Waals surface area contributed by atoms with Gasteiger partial charge in [-0.3, -0.25) is 4.79 Å². The molecule has 138 valence electrons. The first-order chi connectivity index (χ1) is 12.8. The molecule has 0 radical (unpaired) electrons. The third-order valence-electron chi connectivity index (χ3n) is 4.51. The second-order valence-electron chi connectivity index (χ2n) is 6.34. The number of anilines is 1. The van der Waals surface area contributed by atoms with Crippen LogP contribution in [0.5, 0.6) is 0 Å². The van der Waals surface area contributed by atoms with E-state index in [2.05, 4.69) is 31.2 Å². The van der Waals surface area contributed by atoms with E-state index in [1.807, 2.05) is 32.9 Å². The van der Waals surface area contributed by atoms with Crippen LogP contribution in [-0.2, 0) is 11.3 Å². The molecule has 1 amide bonds. The minimum absolute atomic E-state index is 0.148. The Hall–Kier alpha value is -2.52. The van der Waals surface area contributed by atoms with Crippen LogP contribution in [0.2, 0.25) is 0 Å². The highest BCUT2D eigenvalue weighted by atomic mass is 79.9. The zero-order chi connectivity index (χ0) is 19.3. The Morgan fingerprint density at radius 2 is 2.07 bits per heavy atom. The van der Waals surface area contributed by atoms with Crippen molar-refractivity contribution in [2.75, 3.05) is 5.32 Å². The number of fused-ring (bicyclic) bond motifs is 3. The Morgan fingerprint density at radius 3 is 2.81 bits per heavy atom. The normalized spacial score (nSPS) is 11.4. The molecule has 3 heterocycles. The number of carbonyl (C=O) groups is 1. The third kappa shape index (κ3) is 3.06. The monoisotopic (exact) mass is 445 g/mol. The van der Waals surface area contributed by atoms with E-state index >= 15 is 0 Å². The minimum atomic E-state index is -0.477. The van der Waals surface area contributed by atoms with E-state index in [0.717, 1.165) is 30.7 Å². The molecule has 4 aromatic rings. The Bertz CT molecular complexity index is 1270. The van der Waals surface area contributed by atoms with Gasteiger partial charge in [-0.05, 0) is 50.1 Å². The molecule has 0 unspecified atom stereocenters. The number of nitrogens with zero attached hydrogens (tertiary/aromatic N) is 4. The van der Waals surface area contributed by atoms with E-state index in [1.54, 1.807) is 28.2 Å². The summed E-state index contributed by atoms with van der Waals surface area (Å²) in [4.78, 5) is 35.4. The van der Waals surface area contributed by atoms with Crippen molar-refractivity contribution >= 4 is 54.7 Å². The number of halogens is 1. The van der Waals surface area contributed by atoms with Gasteiger partial charge in [0.2, 0.25) is 5.91 Å². The van der Waals surface area contributed by atoms with Crippen LogP contribution in [0, 0.1) is 20.8 Å². The molecule has 9 heteroatoms. The van der Waals surface area contributed by atoms with Crippen molar-refractivity contribution in [3.8, 4) is 0 Å². The number of carbonyl (C=O) groups excluding carboxylic acids is 1. The van der Waals surface area contributed by atoms with Crippen molar-refractivity contribution in [1.82, 2.24) is 19.2 Å². The average Bonchev–Trinajstić information content (AvgIpc) is 3.08. The van der Waals surface area contributed by atoms with Gasteiger partial charge in [-0.25, -0.2) is 19.0 Å². The van der Waals surface area contributed by atoms with Crippen LogP contribution in [0.1, 0.15) is 16.0 Å². The SMILES string of the molecule is Cc1cc(NC(=O)Cn2c(=O)nc3c4c(C)c(C)sc4ncn32)ccc1Br. The lowest BCUT2D eigenvalue weighted by molar-refractivity contribution is -0.117. The predicted molar refractivity (Wildman–Crippen MR) is 110 cm³/mol. The van der Waals surface area contributed by atoms with E-state index in [1.165, 1.54) is 4.68 Å². The van der Waals surface area contributed by atoms with E-state index in [9.17, 15) is 9.59 Å². The first-order valence-corrected chi connectivity index (χ1v) is 9.86. The molecule has 0 saturated carbocycles. The van der Waals surface area contributed by atoms with Crippen molar-refractivity contribution in [3.05, 3.63) is 55.5 Å². The van der Waals surface area contributed by atoms with Gasteiger partial charge in [0.25, 0.3) is 0 Å². The smallest absolute Gasteiger partial charge is 0.324 e. The molecule has 0 saturated heterocycles. The van der Waals surface area contributed by atoms with Gasteiger partial charge in [0.1, 0.15) is 17.7 Å². The summed E-state index contributed by atoms with van der Waals surface area (Å²) in [7, 11) is 0. The second-order valence-corrected chi connectivity index (χ2v) is 8.40. The molecule has 0 atom stereocenters. The molecule has 3 aromatic heterocycles. The molecular formula is C18H16BrN5O2S. The fourth-order valence-electron chi connectivity index (χ4n) is 2.97. The first kappa shape index (κ1) is 17.9. The summed E-state index contributed by atoms with van der Waals surface area (Å²) >= 11 is 5.00. The molecule has 0 spiro atoms. The maximum atomic E-state index is 12.5. The standard InChI is InChI=1S/C18H16BrN5O2S/c1-9-6-12(4-5-13(9)19)21-14(25)7-23-18(26)22-16-15-10(2)11(3)27-17(15)20-8-24(16)23/h4-6,8H,7H2,1-3H3,(H,21,25). The summed E-state index contributed by atoms with van der Waals surface area (Å²) < 4.78 is 3.81. The molecule has 0 aliphatic rings. The molecule has 4 rings (SSSR count). The van der Waals surface area contributed by atoms with E-state index in [-0.39, 0.29) is 12.5 Å². The van der Waals surface area contributed by atoms with Gasteiger partial charge in [0.15, 0.2) is 5.65 Å². The van der Waals surface area contributed by atoms with Crippen LogP contribution in [-0.4, -0.2) is 25.1 Å². The van der Waals surface area contributed by atoms with Crippen LogP contribution >= 0.6 is 27.3 Å². The number of amides is 1. The number of benzene rings is 1. The molecule has 1 aromatic carbocycles. The number of thiophene rings is 1. The number of hydrogen-bond donors (Lipinski definition) is 1. The fourth-order valence-corrected chi connectivity index (χ4v) is 4.20. The number of hydrogen-bond acceptors (Lipinski definition) is 5. The van der Waals surface area contributed by atoms with Crippen molar-refractivity contribution in [3.63, 3.8) is 0 Å². The van der Waals surface area contributed by atoms with Crippen molar-refractivity contribution in [2.24, 2.45) is 0 Å². The second kappa shape index (κ2) is 6.58. The van der Waals surface area contributed by atoms with Crippen LogP contribution in [0.4, 0.5) is 5.69 Å². The maximum absolute atomic E-state index is 12.5. The van der Waals surface area contributed by atoms with Gasteiger partial charge in [-0.2, -0.15) is 4.98 Å². The van der Waals surface area contributed by atoms with Crippen LogP contribution < -0.4 is 11.0 Å². The quantitative estimate of drug-likeness (QED) is 0.523. The largest absolute Gasteiger partial charge is 0.365 e. The van der Waals surface area contributed by atoms with Gasteiger partial charge in [-0.15, -0.1) is 11.3 Å². The summed E-state index contributed by atoms with van der Waals surface area (Å²) in [5.74, 6) is -0.307. The lowest BCUT2D eigenvalue weighted by atomic mass is 10.2. The summed E-state index contributed by atoms with van der Waals surface area (Å²) in [6, 6.07) is 5.53. The number of rotatable bonds is 3. The summed E-state index contributed by atoms with van der Waals surface area (Å²) in [6.45, 7) is 5.80. The predicted octanol–water partition coefficient (Wildman–Crippen LogP) is 3.43. The van der Waals surface area contributed by atoms with Crippen molar-refractivity contribution in [2.45, 2.75) is 27.3 Å². The molecule has 0 bridgehead atoms. The van der Waals surface area contributed by atoms with E-state index in [4.69, 9.17) is 0 Å². The zero-order valence-electron chi connectivity index (χ0n) is 14.9. The fraction of sp³-hybridized carbons (Fsp3) is 0.222. The van der Waals surface area contributed by atoms with Crippen LogP contribution in [0.3, 0.4) is 0 Å². The lowest BCUT2D eigenvalue weighted by Crippen LogP contribution is -2.28. The van der Waals surface area contributed by atoms with Crippen LogP contribution in [0.25, 0.3) is 15.9 Å². The van der Waals surface area contributed by atoms with Crippen LogP contribution in [0.15, 0.2) is 33.8 Å². The topological polar surface area (TPSA) is 81.3 Å². The highest BCUT2D eigenvalue weighted by molar-refractivity contribution is 9.10. The number of aromatic nitrogens is 4. The number of aryl methyl sites for hydroxylation is 3. The van der Waals surface area contributed by atoms with Gasteiger partial charge in [0, 0.05) is 15.0 Å². The molecule has 7 nitrogen and oxygen atoms in total. The van der Waals surface area contributed by atoms with Gasteiger partial charge in [-0.1, -0.05) is 15.9 Å². The van der Waals surface area contributed by atoms with E-state index in [0.29, 0.717) is 11.3 Å².